The van der Waals surface area contributed by atoms with Gasteiger partial charge in [0.2, 0.25) is 0 Å². The largest absolute Gasteiger partial charge is 0.328 e. The fourth-order valence-corrected chi connectivity index (χ4v) is 0.835. The average molecular weight is 147 g/mol. The van der Waals surface area contributed by atoms with Crippen molar-refractivity contribution >= 4 is 18.4 Å². The minimum atomic E-state index is -0.00242. The monoisotopic (exact) mass is 147 g/mol. The lowest BCUT2D eigenvalue weighted by atomic mass is 10.1. The number of ketones is 1. The van der Waals surface area contributed by atoms with Gasteiger partial charge in [0.25, 0.3) is 0 Å². The molecule has 0 saturated carbocycles. The van der Waals surface area contributed by atoms with Crippen LogP contribution in [0, 0.1) is 0 Å². The molecule has 54 valence electrons. The van der Waals surface area contributed by atoms with Gasteiger partial charge in [-0.1, -0.05) is 0 Å². The third-order valence-corrected chi connectivity index (χ3v) is 1.16. The Morgan fingerprint density at radius 1 is 1.78 bits per heavy atom. The summed E-state index contributed by atoms with van der Waals surface area (Å²) in [6.45, 7) is 1.83. The van der Waals surface area contributed by atoms with E-state index in [2.05, 4.69) is 12.6 Å². The zero-order chi connectivity index (χ0) is 7.28. The minimum absolute atomic E-state index is 0.00242. The van der Waals surface area contributed by atoms with Gasteiger partial charge in [-0.2, -0.15) is 12.6 Å². The third-order valence-electron chi connectivity index (χ3n) is 0.940. The van der Waals surface area contributed by atoms with Crippen LogP contribution in [0.1, 0.15) is 19.8 Å². The number of hydrogen-bond acceptors (Lipinski definition) is 3. The zero-order valence-corrected chi connectivity index (χ0v) is 6.53. The molecule has 0 radical (unpaired) electrons. The van der Waals surface area contributed by atoms with Crippen LogP contribution >= 0.6 is 12.6 Å². The van der Waals surface area contributed by atoms with Crippen molar-refractivity contribution in [2.45, 2.75) is 25.8 Å². The fourth-order valence-electron chi connectivity index (χ4n) is 0.586. The average Bonchev–Trinajstić information content (AvgIpc) is 1.63. The van der Waals surface area contributed by atoms with Crippen molar-refractivity contribution in [1.29, 1.82) is 0 Å². The maximum Gasteiger partial charge on any atom is 0.135 e. The Kier molecular flexibility index (Phi) is 4.81. The molecule has 0 amide bonds. The first-order chi connectivity index (χ1) is 4.16. The summed E-state index contributed by atoms with van der Waals surface area (Å²) in [4.78, 5) is 10.7. The molecular weight excluding hydrogens is 134 g/mol. The maximum atomic E-state index is 10.7. The summed E-state index contributed by atoms with van der Waals surface area (Å²) in [6.07, 6.45) is 1.03. The topological polar surface area (TPSA) is 43.1 Å². The van der Waals surface area contributed by atoms with E-state index in [1.165, 1.54) is 0 Å². The summed E-state index contributed by atoms with van der Waals surface area (Å²) in [5.41, 5.74) is 5.38. The van der Waals surface area contributed by atoms with Gasteiger partial charge in [-0.3, -0.25) is 4.79 Å². The Bertz CT molecular complexity index is 93.1. The Morgan fingerprint density at radius 3 is 2.67 bits per heavy atom. The molecule has 0 heterocycles. The lowest BCUT2D eigenvalue weighted by molar-refractivity contribution is -0.118. The first kappa shape index (κ1) is 8.98. The SMILES string of the molecule is CC(N)CC(=O)CCS. The minimum Gasteiger partial charge on any atom is -0.328 e. The predicted octanol–water partition coefficient (Wildman–Crippen LogP) is 0.613. The molecule has 0 aliphatic carbocycles. The quantitative estimate of drug-likeness (QED) is 0.572. The highest BCUT2D eigenvalue weighted by molar-refractivity contribution is 7.80. The van der Waals surface area contributed by atoms with E-state index in [4.69, 9.17) is 5.73 Å². The van der Waals surface area contributed by atoms with Gasteiger partial charge in [-0.25, -0.2) is 0 Å². The molecule has 0 aliphatic rings. The molecule has 0 rings (SSSR count). The molecule has 0 bridgehead atoms. The Balaban J connectivity index is 3.27. The van der Waals surface area contributed by atoms with E-state index >= 15 is 0 Å². The van der Waals surface area contributed by atoms with Crippen molar-refractivity contribution in [2.24, 2.45) is 5.73 Å². The lowest BCUT2D eigenvalue weighted by Gasteiger charge is -2.00. The highest BCUT2D eigenvalue weighted by Crippen LogP contribution is 1.94. The van der Waals surface area contributed by atoms with E-state index in [0.29, 0.717) is 18.6 Å². The van der Waals surface area contributed by atoms with Crippen LogP contribution in [0.2, 0.25) is 0 Å². The number of rotatable bonds is 4. The van der Waals surface area contributed by atoms with Crippen LogP contribution < -0.4 is 5.73 Å². The summed E-state index contributed by atoms with van der Waals surface area (Å²) in [7, 11) is 0. The van der Waals surface area contributed by atoms with Crippen LogP contribution in [-0.4, -0.2) is 17.6 Å². The highest BCUT2D eigenvalue weighted by Gasteiger charge is 2.02. The smallest absolute Gasteiger partial charge is 0.135 e. The van der Waals surface area contributed by atoms with E-state index in [1.807, 2.05) is 6.92 Å². The Hall–Kier alpha value is -0.0200. The Morgan fingerprint density at radius 2 is 2.33 bits per heavy atom. The summed E-state index contributed by atoms with van der Waals surface area (Å²) >= 11 is 3.92. The lowest BCUT2D eigenvalue weighted by Crippen LogP contribution is -2.19. The Labute approximate surface area is 61.2 Å². The van der Waals surface area contributed by atoms with E-state index in [-0.39, 0.29) is 11.8 Å². The summed E-state index contributed by atoms with van der Waals surface area (Å²) in [5, 5.41) is 0. The van der Waals surface area contributed by atoms with Crippen molar-refractivity contribution in [2.75, 3.05) is 5.75 Å². The summed E-state index contributed by atoms with van der Waals surface area (Å²) in [5.74, 6) is 0.839. The van der Waals surface area contributed by atoms with Crippen LogP contribution in [0.15, 0.2) is 0 Å². The van der Waals surface area contributed by atoms with Crippen molar-refractivity contribution in [3.05, 3.63) is 0 Å². The molecule has 0 fully saturated rings. The molecule has 1 atom stereocenters. The maximum absolute atomic E-state index is 10.7. The number of thiol groups is 1. The molecular formula is C6H13NOS. The van der Waals surface area contributed by atoms with Gasteiger partial charge in [0, 0.05) is 18.9 Å². The molecule has 3 heteroatoms. The standard InChI is InChI=1S/C6H13NOS/c1-5(7)4-6(8)2-3-9/h5,9H,2-4,7H2,1H3. The number of carbonyl (C=O) groups is 1. The van der Waals surface area contributed by atoms with E-state index in [9.17, 15) is 4.79 Å². The van der Waals surface area contributed by atoms with Crippen molar-refractivity contribution in [3.8, 4) is 0 Å². The molecule has 0 aliphatic heterocycles. The molecule has 1 unspecified atom stereocenters. The van der Waals surface area contributed by atoms with Crippen LogP contribution in [0.25, 0.3) is 0 Å². The van der Waals surface area contributed by atoms with Crippen LogP contribution in [-0.2, 0) is 4.79 Å². The summed E-state index contributed by atoms with van der Waals surface area (Å²) in [6, 6.07) is -0.00242. The first-order valence-electron chi connectivity index (χ1n) is 3.05. The van der Waals surface area contributed by atoms with Gasteiger partial charge in [-0.05, 0) is 12.7 Å². The highest BCUT2D eigenvalue weighted by atomic mass is 32.1. The molecule has 0 spiro atoms. The van der Waals surface area contributed by atoms with E-state index in [1.54, 1.807) is 0 Å². The molecule has 2 nitrogen and oxygen atoms in total. The van der Waals surface area contributed by atoms with Crippen LogP contribution in [0.5, 0.6) is 0 Å². The number of hydrogen-bond donors (Lipinski definition) is 2. The third kappa shape index (κ3) is 5.86. The van der Waals surface area contributed by atoms with Crippen molar-refractivity contribution in [1.82, 2.24) is 0 Å². The zero-order valence-electron chi connectivity index (χ0n) is 5.63. The van der Waals surface area contributed by atoms with Gasteiger partial charge >= 0.3 is 0 Å². The van der Waals surface area contributed by atoms with Gasteiger partial charge in [0.05, 0.1) is 0 Å². The fraction of sp³-hybridized carbons (Fsp3) is 0.833. The molecule has 0 aromatic carbocycles. The van der Waals surface area contributed by atoms with Gasteiger partial charge in [0.15, 0.2) is 0 Å². The second-order valence-corrected chi connectivity index (χ2v) is 2.64. The molecule has 9 heavy (non-hydrogen) atoms. The second-order valence-electron chi connectivity index (χ2n) is 2.19. The van der Waals surface area contributed by atoms with Gasteiger partial charge < -0.3 is 5.73 Å². The number of Topliss-reactive ketones (excluding diaryl/α,β-unsaturated/α-hetero) is 1. The van der Waals surface area contributed by atoms with Gasteiger partial charge in [-0.15, -0.1) is 0 Å². The van der Waals surface area contributed by atoms with Crippen molar-refractivity contribution in [3.63, 3.8) is 0 Å². The molecule has 0 aromatic heterocycles. The second kappa shape index (κ2) is 4.82. The van der Waals surface area contributed by atoms with Crippen LogP contribution in [0.3, 0.4) is 0 Å². The normalized spacial score (nSPS) is 13.2. The number of nitrogens with two attached hydrogens (primary N) is 1. The summed E-state index contributed by atoms with van der Waals surface area (Å²) < 4.78 is 0. The number of carbonyl (C=O) groups excluding carboxylic acids is 1. The van der Waals surface area contributed by atoms with E-state index in [0.717, 1.165) is 0 Å². The molecule has 0 saturated heterocycles. The van der Waals surface area contributed by atoms with Gasteiger partial charge in [0.1, 0.15) is 5.78 Å². The van der Waals surface area contributed by atoms with Crippen LogP contribution in [0.4, 0.5) is 0 Å². The first-order valence-corrected chi connectivity index (χ1v) is 3.68. The molecule has 2 N–H and O–H groups in total. The van der Waals surface area contributed by atoms with Crippen molar-refractivity contribution < 1.29 is 4.79 Å². The molecule has 0 aromatic rings. The predicted molar refractivity (Wildman–Crippen MR) is 41.7 cm³/mol. The van der Waals surface area contributed by atoms with E-state index < -0.39 is 0 Å².